The lowest BCUT2D eigenvalue weighted by Crippen LogP contribution is -2.30. The largest absolute Gasteiger partial charge is 0.478 e. The summed E-state index contributed by atoms with van der Waals surface area (Å²) in [6, 6.07) is 0. The van der Waals surface area contributed by atoms with E-state index in [-0.39, 0.29) is 0 Å². The number of hydrogen-bond acceptors (Lipinski definition) is 4. The second kappa shape index (κ2) is 8.36. The molecule has 0 atom stereocenters. The van der Waals surface area contributed by atoms with Crippen molar-refractivity contribution < 1.29 is 24.6 Å². The molecule has 0 unspecified atom stereocenters. The number of likely N-dealkylation sites (N-methyl/N-ethyl adjacent to an activating group) is 1. The Labute approximate surface area is 123 Å². The highest BCUT2D eigenvalue weighted by Crippen LogP contribution is 2.30. The summed E-state index contributed by atoms with van der Waals surface area (Å²) in [5.41, 5.74) is 1.10. The van der Waals surface area contributed by atoms with Gasteiger partial charge in [0.25, 0.3) is 0 Å². The summed E-state index contributed by atoms with van der Waals surface area (Å²) in [6.07, 6.45) is 7.71. The molecule has 116 valence electrons. The van der Waals surface area contributed by atoms with Crippen LogP contribution in [-0.2, 0) is 14.4 Å². The molecule has 21 heavy (non-hydrogen) atoms. The Balaban J connectivity index is 0.000000240. The molecule has 0 amide bonds. The number of hydrogen-bond donors (Lipinski definition) is 2. The van der Waals surface area contributed by atoms with Crippen molar-refractivity contribution in [1.29, 1.82) is 0 Å². The zero-order valence-electron chi connectivity index (χ0n) is 12.1. The number of carboxylic acid groups (broad SMARTS) is 2. The van der Waals surface area contributed by atoms with Gasteiger partial charge in [0.1, 0.15) is 0 Å². The maximum absolute atomic E-state index is 11.8. The van der Waals surface area contributed by atoms with E-state index in [4.69, 9.17) is 10.2 Å². The van der Waals surface area contributed by atoms with Crippen molar-refractivity contribution in [3.05, 3.63) is 23.8 Å². The Morgan fingerprint density at radius 1 is 1.19 bits per heavy atom. The molecule has 6 nitrogen and oxygen atoms in total. The normalized spacial score (nSPS) is 19.2. The molecule has 1 aliphatic carbocycles. The van der Waals surface area contributed by atoms with E-state index in [1.807, 2.05) is 0 Å². The van der Waals surface area contributed by atoms with E-state index in [1.165, 1.54) is 6.42 Å². The van der Waals surface area contributed by atoms with Crippen LogP contribution in [0.3, 0.4) is 0 Å². The summed E-state index contributed by atoms with van der Waals surface area (Å²) in [5, 5.41) is 15.6. The van der Waals surface area contributed by atoms with Gasteiger partial charge in [0.2, 0.25) is 0 Å². The van der Waals surface area contributed by atoms with Gasteiger partial charge in [0, 0.05) is 31.2 Å². The van der Waals surface area contributed by atoms with E-state index in [2.05, 4.69) is 18.0 Å². The van der Waals surface area contributed by atoms with Crippen LogP contribution < -0.4 is 0 Å². The molecule has 0 aromatic rings. The average molecular weight is 295 g/mol. The molecule has 0 saturated heterocycles. The summed E-state index contributed by atoms with van der Waals surface area (Å²) in [7, 11) is 2.10. The Morgan fingerprint density at radius 2 is 1.76 bits per heavy atom. The molecule has 0 spiro atoms. The predicted molar refractivity (Wildman–Crippen MR) is 77.0 cm³/mol. The van der Waals surface area contributed by atoms with Crippen molar-refractivity contribution in [1.82, 2.24) is 4.90 Å². The van der Waals surface area contributed by atoms with Gasteiger partial charge in [0.15, 0.2) is 5.78 Å². The molecule has 0 aromatic heterocycles. The lowest BCUT2D eigenvalue weighted by atomic mass is 9.79. The maximum atomic E-state index is 11.8. The number of carboxylic acids is 2. The van der Waals surface area contributed by atoms with Gasteiger partial charge >= 0.3 is 11.9 Å². The standard InChI is InChI=1S/C11H17NO.C4H4O4/c1-12-7-5-10(6-8-12)11(13)9-3-2-4-9;5-3(6)1-2-4(7)8/h5,9H,2-4,6-8H2,1H3;1-2H,(H,5,6)(H,7,8)/b;2-1+. The van der Waals surface area contributed by atoms with E-state index in [9.17, 15) is 14.4 Å². The SMILES string of the molecule is CN1CC=C(C(=O)C2CCC2)CC1.O=C(O)/C=C/C(=O)O. The van der Waals surface area contributed by atoms with Gasteiger partial charge in [-0.25, -0.2) is 9.59 Å². The summed E-state index contributed by atoms with van der Waals surface area (Å²) in [4.78, 5) is 33.2. The van der Waals surface area contributed by atoms with Gasteiger partial charge in [-0.2, -0.15) is 0 Å². The van der Waals surface area contributed by atoms with Crippen LogP contribution in [0, 0.1) is 5.92 Å². The molecular weight excluding hydrogens is 274 g/mol. The molecule has 1 saturated carbocycles. The molecule has 0 aromatic carbocycles. The fraction of sp³-hybridized carbons (Fsp3) is 0.533. The molecule has 2 aliphatic rings. The van der Waals surface area contributed by atoms with E-state index < -0.39 is 11.9 Å². The number of carbonyl (C=O) groups is 3. The van der Waals surface area contributed by atoms with Gasteiger partial charge in [-0.1, -0.05) is 12.5 Å². The van der Waals surface area contributed by atoms with E-state index in [0.717, 1.165) is 37.9 Å². The van der Waals surface area contributed by atoms with Crippen LogP contribution in [0.2, 0.25) is 0 Å². The zero-order valence-corrected chi connectivity index (χ0v) is 12.1. The van der Waals surface area contributed by atoms with Crippen LogP contribution in [-0.4, -0.2) is 53.0 Å². The molecule has 1 fully saturated rings. The Hall–Kier alpha value is -1.95. The molecular formula is C15H21NO5. The second-order valence-electron chi connectivity index (χ2n) is 5.24. The third-order valence-electron chi connectivity index (χ3n) is 3.57. The fourth-order valence-corrected chi connectivity index (χ4v) is 2.07. The molecule has 0 bridgehead atoms. The maximum Gasteiger partial charge on any atom is 0.328 e. The predicted octanol–water partition coefficient (Wildman–Crippen LogP) is 1.33. The second-order valence-corrected chi connectivity index (χ2v) is 5.24. The number of Topliss-reactive ketones (excluding diaryl/α,β-unsaturated/α-hetero) is 1. The van der Waals surface area contributed by atoms with Gasteiger partial charge in [0.05, 0.1) is 0 Å². The summed E-state index contributed by atoms with van der Waals surface area (Å²) in [6.45, 7) is 2.00. The third kappa shape index (κ3) is 6.35. The van der Waals surface area contributed by atoms with Crippen molar-refractivity contribution in [2.75, 3.05) is 20.1 Å². The van der Waals surface area contributed by atoms with E-state index >= 15 is 0 Å². The Kier molecular flexibility index (Phi) is 6.81. The van der Waals surface area contributed by atoms with Crippen molar-refractivity contribution in [3.8, 4) is 0 Å². The van der Waals surface area contributed by atoms with Gasteiger partial charge in [-0.05, 0) is 31.9 Å². The first-order valence-electron chi connectivity index (χ1n) is 6.96. The van der Waals surface area contributed by atoms with Crippen LogP contribution in [0.25, 0.3) is 0 Å². The Bertz CT molecular complexity index is 447. The number of aliphatic carboxylic acids is 2. The topological polar surface area (TPSA) is 94.9 Å². The van der Waals surface area contributed by atoms with E-state index in [1.54, 1.807) is 0 Å². The lowest BCUT2D eigenvalue weighted by Gasteiger charge is -2.28. The van der Waals surface area contributed by atoms with Crippen LogP contribution in [0.15, 0.2) is 23.8 Å². The van der Waals surface area contributed by atoms with Crippen molar-refractivity contribution in [2.45, 2.75) is 25.7 Å². The minimum Gasteiger partial charge on any atom is -0.478 e. The summed E-state index contributed by atoms with van der Waals surface area (Å²) < 4.78 is 0. The van der Waals surface area contributed by atoms with Gasteiger partial charge in [-0.15, -0.1) is 0 Å². The summed E-state index contributed by atoms with van der Waals surface area (Å²) in [5.74, 6) is -1.69. The van der Waals surface area contributed by atoms with Crippen LogP contribution >= 0.6 is 0 Å². The molecule has 6 heteroatoms. The first-order chi connectivity index (χ1) is 9.90. The fourth-order valence-electron chi connectivity index (χ4n) is 2.07. The minimum absolute atomic E-state index is 0.384. The lowest BCUT2D eigenvalue weighted by molar-refractivity contribution is -0.134. The van der Waals surface area contributed by atoms with Crippen molar-refractivity contribution in [3.63, 3.8) is 0 Å². The smallest absolute Gasteiger partial charge is 0.328 e. The van der Waals surface area contributed by atoms with Crippen LogP contribution in [0.5, 0.6) is 0 Å². The molecule has 0 radical (unpaired) electrons. The highest BCUT2D eigenvalue weighted by molar-refractivity contribution is 5.97. The van der Waals surface area contributed by atoms with Gasteiger partial charge in [-0.3, -0.25) is 4.79 Å². The van der Waals surface area contributed by atoms with Crippen LogP contribution in [0.4, 0.5) is 0 Å². The number of ketones is 1. The van der Waals surface area contributed by atoms with Crippen LogP contribution in [0.1, 0.15) is 25.7 Å². The molecule has 1 aliphatic heterocycles. The monoisotopic (exact) mass is 295 g/mol. The number of carbonyl (C=O) groups excluding carboxylic acids is 1. The van der Waals surface area contributed by atoms with Crippen molar-refractivity contribution >= 4 is 17.7 Å². The average Bonchev–Trinajstić information content (AvgIpc) is 2.36. The van der Waals surface area contributed by atoms with E-state index in [0.29, 0.717) is 23.9 Å². The minimum atomic E-state index is -1.26. The first kappa shape index (κ1) is 17.1. The Morgan fingerprint density at radius 3 is 2.10 bits per heavy atom. The quantitative estimate of drug-likeness (QED) is 0.760. The highest BCUT2D eigenvalue weighted by atomic mass is 16.4. The molecule has 1 heterocycles. The molecule has 2 N–H and O–H groups in total. The zero-order chi connectivity index (χ0) is 15.8. The van der Waals surface area contributed by atoms with Crippen molar-refractivity contribution in [2.24, 2.45) is 5.92 Å². The number of rotatable bonds is 4. The first-order valence-corrected chi connectivity index (χ1v) is 6.96. The van der Waals surface area contributed by atoms with Gasteiger partial charge < -0.3 is 15.1 Å². The summed E-state index contributed by atoms with van der Waals surface area (Å²) >= 11 is 0. The molecule has 2 rings (SSSR count). The number of nitrogens with zero attached hydrogens (tertiary/aromatic N) is 1. The third-order valence-corrected chi connectivity index (χ3v) is 3.57. The highest BCUT2D eigenvalue weighted by Gasteiger charge is 2.28.